The topological polar surface area (TPSA) is 78.2 Å². The van der Waals surface area contributed by atoms with E-state index in [2.05, 4.69) is 10.4 Å². The molecular weight excluding hydrogens is 457 g/mol. The van der Waals surface area contributed by atoms with E-state index in [4.69, 9.17) is 16.3 Å². The molecule has 0 aliphatic rings. The van der Waals surface area contributed by atoms with Gasteiger partial charge < -0.3 is 10.1 Å². The maximum atomic E-state index is 12.8. The lowest BCUT2D eigenvalue weighted by Gasteiger charge is -2.09. The van der Waals surface area contributed by atoms with Gasteiger partial charge in [0.2, 0.25) is 5.91 Å². The highest BCUT2D eigenvalue weighted by atomic mass is 35.5. The molecule has 7 nitrogen and oxygen atoms in total. The van der Waals surface area contributed by atoms with Crippen molar-refractivity contribution < 1.29 is 22.7 Å². The molecule has 0 saturated heterocycles. The average Bonchev–Trinajstić information content (AvgIpc) is 3.28. The average molecular weight is 475 g/mol. The third kappa shape index (κ3) is 5.75. The molecule has 0 atom stereocenters. The first-order chi connectivity index (χ1) is 14.7. The lowest BCUT2D eigenvalue weighted by molar-refractivity contribution is -0.137. The summed E-state index contributed by atoms with van der Waals surface area (Å²) < 4.78 is 46.4. The summed E-state index contributed by atoms with van der Waals surface area (Å²) in [7, 11) is 1.50. The van der Waals surface area contributed by atoms with Gasteiger partial charge in [-0.2, -0.15) is 13.2 Å². The number of thiophene rings is 1. The van der Waals surface area contributed by atoms with E-state index >= 15 is 0 Å². The molecule has 2 aromatic heterocycles. The van der Waals surface area contributed by atoms with Gasteiger partial charge in [0, 0.05) is 13.7 Å². The molecule has 0 aliphatic heterocycles. The fourth-order valence-electron chi connectivity index (χ4n) is 2.80. The summed E-state index contributed by atoms with van der Waals surface area (Å²) in [4.78, 5) is 25.7. The minimum Gasteiger partial charge on any atom is -0.383 e. The van der Waals surface area contributed by atoms with E-state index in [1.807, 2.05) is 0 Å². The first-order valence-corrected chi connectivity index (χ1v) is 10.2. The van der Waals surface area contributed by atoms with Crippen LogP contribution in [-0.4, -0.2) is 34.0 Å². The number of methoxy groups -OCH3 is 1. The zero-order chi connectivity index (χ0) is 22.6. The van der Waals surface area contributed by atoms with Gasteiger partial charge in [-0.3, -0.25) is 9.36 Å². The third-order valence-corrected chi connectivity index (χ3v) is 5.50. The molecule has 1 amide bonds. The number of amides is 1. The van der Waals surface area contributed by atoms with Crippen molar-refractivity contribution in [2.24, 2.45) is 0 Å². The summed E-state index contributed by atoms with van der Waals surface area (Å²) in [5.74, 6) is -0.212. The molecule has 0 unspecified atom stereocenters. The molecule has 0 radical (unpaired) electrons. The molecule has 1 aromatic carbocycles. The van der Waals surface area contributed by atoms with Crippen molar-refractivity contribution in [3.63, 3.8) is 0 Å². The van der Waals surface area contributed by atoms with E-state index in [-0.39, 0.29) is 31.8 Å². The molecule has 166 valence electrons. The van der Waals surface area contributed by atoms with E-state index in [9.17, 15) is 22.8 Å². The number of alkyl halides is 3. The Morgan fingerprint density at radius 3 is 2.71 bits per heavy atom. The fraction of sp³-hybridized carbons (Fsp3) is 0.316. The Bertz CT molecular complexity index is 1120. The summed E-state index contributed by atoms with van der Waals surface area (Å²) in [6.07, 6.45) is -4.47. The number of ether oxygens (including phenoxy) is 1. The number of carbonyl (C=O) groups excluding carboxylic acids is 1. The van der Waals surface area contributed by atoms with Crippen LogP contribution in [0.3, 0.4) is 0 Å². The standard InChI is InChI=1S/C19H18ClF3N4O3S/c1-30-8-7-26-17(14-5-6-15(20)31-14)25-27(18(26)29)11-16(28)24-10-12-3-2-4-13(9-12)19(21,22)23/h2-6,9H,7-8,10-11H2,1H3,(H,24,28). The van der Waals surface area contributed by atoms with Gasteiger partial charge in [-0.1, -0.05) is 23.7 Å². The van der Waals surface area contributed by atoms with Crippen LogP contribution in [-0.2, 0) is 35.3 Å². The van der Waals surface area contributed by atoms with Crippen molar-refractivity contribution in [1.29, 1.82) is 0 Å². The van der Waals surface area contributed by atoms with Crippen LogP contribution in [0.2, 0.25) is 4.34 Å². The minimum atomic E-state index is -4.47. The van der Waals surface area contributed by atoms with Gasteiger partial charge in [-0.25, -0.2) is 9.48 Å². The second kappa shape index (κ2) is 9.67. The third-order valence-electron chi connectivity index (χ3n) is 4.27. The fourth-order valence-corrected chi connectivity index (χ4v) is 3.83. The van der Waals surface area contributed by atoms with Crippen LogP contribution in [0.25, 0.3) is 10.7 Å². The number of hydrogen-bond acceptors (Lipinski definition) is 5. The molecule has 3 rings (SSSR count). The molecule has 31 heavy (non-hydrogen) atoms. The van der Waals surface area contributed by atoms with Gasteiger partial charge in [-0.05, 0) is 29.8 Å². The van der Waals surface area contributed by atoms with Crippen LogP contribution in [0.5, 0.6) is 0 Å². The van der Waals surface area contributed by atoms with Gasteiger partial charge in [0.05, 0.1) is 27.9 Å². The van der Waals surface area contributed by atoms with Crippen molar-refractivity contribution in [1.82, 2.24) is 19.7 Å². The number of halogens is 4. The van der Waals surface area contributed by atoms with E-state index in [0.29, 0.717) is 15.0 Å². The summed E-state index contributed by atoms with van der Waals surface area (Å²) in [5.41, 5.74) is -1.02. The maximum absolute atomic E-state index is 12.8. The highest BCUT2D eigenvalue weighted by Crippen LogP contribution is 2.30. The van der Waals surface area contributed by atoms with Gasteiger partial charge in [0.25, 0.3) is 0 Å². The van der Waals surface area contributed by atoms with Gasteiger partial charge in [0.1, 0.15) is 6.54 Å². The monoisotopic (exact) mass is 474 g/mol. The Morgan fingerprint density at radius 2 is 2.06 bits per heavy atom. The Morgan fingerprint density at radius 1 is 1.29 bits per heavy atom. The Balaban J connectivity index is 1.74. The number of benzene rings is 1. The van der Waals surface area contributed by atoms with Gasteiger partial charge in [0.15, 0.2) is 5.82 Å². The van der Waals surface area contributed by atoms with E-state index < -0.39 is 23.3 Å². The highest BCUT2D eigenvalue weighted by Gasteiger charge is 2.30. The molecule has 1 N–H and O–H groups in total. The van der Waals surface area contributed by atoms with Gasteiger partial charge >= 0.3 is 11.9 Å². The second-order valence-electron chi connectivity index (χ2n) is 6.49. The number of nitrogens with zero attached hydrogens (tertiary/aromatic N) is 3. The summed E-state index contributed by atoms with van der Waals surface area (Å²) in [6.45, 7) is -0.00928. The molecule has 0 spiro atoms. The molecule has 3 aromatic rings. The first kappa shape index (κ1) is 23.0. The normalized spacial score (nSPS) is 11.6. The number of nitrogens with one attached hydrogen (secondary N) is 1. The van der Waals surface area contributed by atoms with Crippen LogP contribution in [0.15, 0.2) is 41.2 Å². The van der Waals surface area contributed by atoms with Crippen molar-refractivity contribution in [2.45, 2.75) is 25.8 Å². The Kier molecular flexibility index (Phi) is 7.19. The van der Waals surface area contributed by atoms with Crippen LogP contribution < -0.4 is 11.0 Å². The van der Waals surface area contributed by atoms with Crippen LogP contribution >= 0.6 is 22.9 Å². The summed E-state index contributed by atoms with van der Waals surface area (Å²) in [5, 5.41) is 6.75. The molecule has 0 saturated carbocycles. The summed E-state index contributed by atoms with van der Waals surface area (Å²) >= 11 is 7.21. The largest absolute Gasteiger partial charge is 0.416 e. The Labute approximate surface area is 184 Å². The predicted molar refractivity (Wildman–Crippen MR) is 110 cm³/mol. The lowest BCUT2D eigenvalue weighted by Crippen LogP contribution is -2.33. The number of hydrogen-bond donors (Lipinski definition) is 1. The minimum absolute atomic E-state index is 0.116. The molecule has 2 heterocycles. The quantitative estimate of drug-likeness (QED) is 0.542. The zero-order valence-corrected chi connectivity index (χ0v) is 17.9. The zero-order valence-electron chi connectivity index (χ0n) is 16.3. The predicted octanol–water partition coefficient (Wildman–Crippen LogP) is 3.41. The van der Waals surface area contributed by atoms with Crippen LogP contribution in [0.1, 0.15) is 11.1 Å². The van der Waals surface area contributed by atoms with Crippen molar-refractivity contribution in [3.8, 4) is 10.7 Å². The number of carbonyl (C=O) groups is 1. The number of rotatable bonds is 8. The van der Waals surface area contributed by atoms with E-state index in [1.54, 1.807) is 12.1 Å². The molecule has 0 aliphatic carbocycles. The van der Waals surface area contributed by atoms with Crippen molar-refractivity contribution in [3.05, 3.63) is 62.3 Å². The molecule has 0 bridgehead atoms. The van der Waals surface area contributed by atoms with Crippen molar-refractivity contribution >= 4 is 28.8 Å². The van der Waals surface area contributed by atoms with E-state index in [1.165, 1.54) is 35.1 Å². The van der Waals surface area contributed by atoms with Crippen molar-refractivity contribution in [2.75, 3.05) is 13.7 Å². The molecule has 0 fully saturated rings. The Hall–Kier alpha value is -2.63. The lowest BCUT2D eigenvalue weighted by atomic mass is 10.1. The van der Waals surface area contributed by atoms with Gasteiger partial charge in [-0.15, -0.1) is 16.4 Å². The SMILES string of the molecule is COCCn1c(-c2ccc(Cl)s2)nn(CC(=O)NCc2cccc(C(F)(F)F)c2)c1=O. The highest BCUT2D eigenvalue weighted by molar-refractivity contribution is 7.19. The van der Waals surface area contributed by atoms with Crippen LogP contribution in [0.4, 0.5) is 13.2 Å². The molecular formula is C19H18ClF3N4O3S. The maximum Gasteiger partial charge on any atom is 0.416 e. The van der Waals surface area contributed by atoms with Crippen LogP contribution in [0, 0.1) is 0 Å². The summed E-state index contributed by atoms with van der Waals surface area (Å²) in [6, 6.07) is 8.05. The smallest absolute Gasteiger partial charge is 0.383 e. The molecule has 12 heteroatoms. The number of aromatic nitrogens is 3. The first-order valence-electron chi connectivity index (χ1n) is 9.04. The van der Waals surface area contributed by atoms with E-state index in [0.717, 1.165) is 16.8 Å². The second-order valence-corrected chi connectivity index (χ2v) is 8.20.